The highest BCUT2D eigenvalue weighted by molar-refractivity contribution is 5.80. The molecule has 1 rings (SSSR count). The van der Waals surface area contributed by atoms with Crippen molar-refractivity contribution in [2.45, 2.75) is 39.0 Å². The normalized spacial score (nSPS) is 17.1. The summed E-state index contributed by atoms with van der Waals surface area (Å²) in [7, 11) is 0. The summed E-state index contributed by atoms with van der Waals surface area (Å²) in [5.41, 5.74) is 0. The van der Waals surface area contributed by atoms with E-state index in [2.05, 4.69) is 0 Å². The van der Waals surface area contributed by atoms with Crippen LogP contribution in [0.3, 0.4) is 0 Å². The molecule has 1 N–H and O–H groups in total. The number of hydrogen-bond donors (Lipinski definition) is 1. The average Bonchev–Trinajstić information content (AvgIpc) is 2.24. The Morgan fingerprint density at radius 3 is 2.12 bits per heavy atom. The number of likely N-dealkylation sites (N-methyl/N-ethyl adjacent to an activating group) is 1. The lowest BCUT2D eigenvalue weighted by Crippen LogP contribution is -2.46. The summed E-state index contributed by atoms with van der Waals surface area (Å²) >= 11 is 0. The van der Waals surface area contributed by atoms with Crippen LogP contribution < -0.4 is 0 Å². The van der Waals surface area contributed by atoms with Crippen LogP contribution in [-0.4, -0.2) is 53.1 Å². The van der Waals surface area contributed by atoms with Gasteiger partial charge in [-0.15, -0.1) is 0 Å². The lowest BCUT2D eigenvalue weighted by molar-refractivity contribution is -0.137. The molecule has 0 radical (unpaired) electrons. The highest BCUT2D eigenvalue weighted by Crippen LogP contribution is 2.12. The molecule has 0 aromatic rings. The van der Waals surface area contributed by atoms with Gasteiger partial charge in [0, 0.05) is 19.6 Å². The summed E-state index contributed by atoms with van der Waals surface area (Å²) in [5, 5.41) is 8.75. The quantitative estimate of drug-likeness (QED) is 0.820. The molecule has 1 aliphatic heterocycles. The van der Waals surface area contributed by atoms with Gasteiger partial charge in [0.05, 0.1) is 0 Å². The fraction of sp³-hybridized carbons (Fsp3) is 0.833. The third-order valence-corrected chi connectivity index (χ3v) is 3.10. The van der Waals surface area contributed by atoms with Crippen molar-refractivity contribution in [3.8, 4) is 0 Å². The number of hydrogen-bond acceptors (Lipinski definition) is 2. The lowest BCUT2D eigenvalue weighted by Gasteiger charge is -2.30. The molecule has 1 aliphatic rings. The predicted octanol–water partition coefficient (Wildman–Crippen LogP) is 1.78. The summed E-state index contributed by atoms with van der Waals surface area (Å²) in [6.07, 6.45) is 5.62. The van der Waals surface area contributed by atoms with Gasteiger partial charge in [-0.05, 0) is 19.8 Å². The SMILES string of the molecule is CCN(CC(=O)O)C(=O)N1CCCCCCC1. The van der Waals surface area contributed by atoms with E-state index in [9.17, 15) is 9.59 Å². The molecule has 0 aromatic heterocycles. The molecule has 0 saturated carbocycles. The minimum absolute atomic E-state index is 0.128. The van der Waals surface area contributed by atoms with Crippen LogP contribution in [0.25, 0.3) is 0 Å². The first kappa shape index (κ1) is 13.8. The maximum atomic E-state index is 12.1. The molecule has 0 unspecified atom stereocenters. The zero-order valence-corrected chi connectivity index (χ0v) is 10.5. The molecular weight excluding hydrogens is 220 g/mol. The topological polar surface area (TPSA) is 60.9 Å². The minimum Gasteiger partial charge on any atom is -0.480 e. The molecule has 0 atom stereocenters. The third-order valence-electron chi connectivity index (χ3n) is 3.10. The van der Waals surface area contributed by atoms with E-state index in [4.69, 9.17) is 5.11 Å². The summed E-state index contributed by atoms with van der Waals surface area (Å²) in [5.74, 6) is -0.952. The number of aliphatic carboxylic acids is 1. The van der Waals surface area contributed by atoms with Crippen LogP contribution in [0.2, 0.25) is 0 Å². The Hall–Kier alpha value is -1.26. The van der Waals surface area contributed by atoms with Crippen LogP contribution >= 0.6 is 0 Å². The van der Waals surface area contributed by atoms with E-state index in [1.54, 1.807) is 4.90 Å². The molecule has 17 heavy (non-hydrogen) atoms. The Morgan fingerprint density at radius 2 is 1.65 bits per heavy atom. The van der Waals surface area contributed by atoms with Crippen LogP contribution in [-0.2, 0) is 4.79 Å². The number of carboxylic acids is 1. The Labute approximate surface area is 102 Å². The van der Waals surface area contributed by atoms with E-state index in [-0.39, 0.29) is 12.6 Å². The van der Waals surface area contributed by atoms with Crippen molar-refractivity contribution in [3.05, 3.63) is 0 Å². The van der Waals surface area contributed by atoms with Gasteiger partial charge in [-0.1, -0.05) is 19.3 Å². The second-order valence-corrected chi connectivity index (χ2v) is 4.45. The number of urea groups is 1. The number of likely N-dealkylation sites (tertiary alicyclic amines) is 1. The number of nitrogens with zero attached hydrogens (tertiary/aromatic N) is 2. The molecule has 0 aliphatic carbocycles. The van der Waals surface area contributed by atoms with Gasteiger partial charge in [-0.3, -0.25) is 4.79 Å². The first-order valence-electron chi connectivity index (χ1n) is 6.40. The van der Waals surface area contributed by atoms with Gasteiger partial charge in [0.2, 0.25) is 0 Å². The zero-order valence-electron chi connectivity index (χ0n) is 10.5. The van der Waals surface area contributed by atoms with Crippen LogP contribution in [0.1, 0.15) is 39.0 Å². The molecule has 0 aromatic carbocycles. The molecule has 5 heteroatoms. The standard InChI is InChI=1S/C12H22N2O3/c1-2-13(10-11(15)16)12(17)14-8-6-4-3-5-7-9-14/h2-10H2,1H3,(H,15,16). The maximum Gasteiger partial charge on any atom is 0.323 e. The van der Waals surface area contributed by atoms with Crippen molar-refractivity contribution in [1.29, 1.82) is 0 Å². The molecule has 1 saturated heterocycles. The molecule has 5 nitrogen and oxygen atoms in total. The molecular formula is C12H22N2O3. The van der Waals surface area contributed by atoms with Gasteiger partial charge in [-0.2, -0.15) is 0 Å². The molecule has 1 fully saturated rings. The summed E-state index contributed by atoms with van der Waals surface area (Å²) in [6.45, 7) is 3.57. The smallest absolute Gasteiger partial charge is 0.323 e. The van der Waals surface area contributed by atoms with Crippen molar-refractivity contribution < 1.29 is 14.7 Å². The van der Waals surface area contributed by atoms with Gasteiger partial charge in [0.15, 0.2) is 0 Å². The van der Waals surface area contributed by atoms with Crippen molar-refractivity contribution in [1.82, 2.24) is 9.80 Å². The van der Waals surface area contributed by atoms with Gasteiger partial charge >= 0.3 is 12.0 Å². The Bertz CT molecular complexity index is 260. The first-order chi connectivity index (χ1) is 8.15. The monoisotopic (exact) mass is 242 g/mol. The van der Waals surface area contributed by atoms with E-state index in [0.717, 1.165) is 38.8 Å². The van der Waals surface area contributed by atoms with Crippen LogP contribution in [0.5, 0.6) is 0 Å². The second-order valence-electron chi connectivity index (χ2n) is 4.45. The number of carbonyl (C=O) groups is 2. The highest BCUT2D eigenvalue weighted by atomic mass is 16.4. The second kappa shape index (κ2) is 7.14. The van der Waals surface area contributed by atoms with E-state index < -0.39 is 5.97 Å². The largest absolute Gasteiger partial charge is 0.480 e. The van der Waals surface area contributed by atoms with Crippen LogP contribution in [0, 0.1) is 0 Å². The average molecular weight is 242 g/mol. The van der Waals surface area contributed by atoms with Crippen molar-refractivity contribution in [2.24, 2.45) is 0 Å². The van der Waals surface area contributed by atoms with Gasteiger partial charge in [0.1, 0.15) is 6.54 Å². The Kier molecular flexibility index (Phi) is 5.80. The Balaban J connectivity index is 2.54. The highest BCUT2D eigenvalue weighted by Gasteiger charge is 2.21. The van der Waals surface area contributed by atoms with Gasteiger partial charge < -0.3 is 14.9 Å². The van der Waals surface area contributed by atoms with E-state index in [1.165, 1.54) is 11.3 Å². The van der Waals surface area contributed by atoms with E-state index in [1.807, 2.05) is 6.92 Å². The Morgan fingerprint density at radius 1 is 1.12 bits per heavy atom. The number of carboxylic acid groups (broad SMARTS) is 1. The molecule has 2 amide bonds. The number of carbonyl (C=O) groups excluding carboxylic acids is 1. The van der Waals surface area contributed by atoms with Gasteiger partial charge in [-0.25, -0.2) is 4.79 Å². The molecule has 0 spiro atoms. The summed E-state index contributed by atoms with van der Waals surface area (Å²) in [4.78, 5) is 26.0. The van der Waals surface area contributed by atoms with Crippen molar-refractivity contribution in [3.63, 3.8) is 0 Å². The maximum absolute atomic E-state index is 12.1. The van der Waals surface area contributed by atoms with Gasteiger partial charge in [0.25, 0.3) is 0 Å². The first-order valence-corrected chi connectivity index (χ1v) is 6.40. The summed E-state index contributed by atoms with van der Waals surface area (Å²) < 4.78 is 0. The number of amides is 2. The zero-order chi connectivity index (χ0) is 12.7. The van der Waals surface area contributed by atoms with Crippen LogP contribution in [0.4, 0.5) is 4.79 Å². The predicted molar refractivity (Wildman–Crippen MR) is 64.9 cm³/mol. The lowest BCUT2D eigenvalue weighted by atomic mass is 10.1. The van der Waals surface area contributed by atoms with Crippen molar-refractivity contribution >= 4 is 12.0 Å². The fourth-order valence-corrected chi connectivity index (χ4v) is 2.12. The molecule has 98 valence electrons. The fourth-order valence-electron chi connectivity index (χ4n) is 2.12. The van der Waals surface area contributed by atoms with E-state index in [0.29, 0.717) is 6.54 Å². The summed E-state index contributed by atoms with van der Waals surface area (Å²) in [6, 6.07) is -0.128. The third kappa shape index (κ3) is 4.63. The number of rotatable bonds is 3. The van der Waals surface area contributed by atoms with Crippen LogP contribution in [0.15, 0.2) is 0 Å². The minimum atomic E-state index is -0.952. The molecule has 1 heterocycles. The van der Waals surface area contributed by atoms with Crippen molar-refractivity contribution in [2.75, 3.05) is 26.2 Å². The van der Waals surface area contributed by atoms with E-state index >= 15 is 0 Å². The molecule has 0 bridgehead atoms.